The zero-order chi connectivity index (χ0) is 29.9. The molecule has 11 nitrogen and oxygen atoms in total. The minimum Gasteiger partial charge on any atom is -0.493 e. The molecule has 4 bridgehead atoms. The number of carbonyl (C=O) groups excluding carboxylic acids is 3. The van der Waals surface area contributed by atoms with Crippen molar-refractivity contribution in [3.05, 3.63) is 94.6 Å². The van der Waals surface area contributed by atoms with Gasteiger partial charge in [-0.05, 0) is 54.1 Å². The highest BCUT2D eigenvalue weighted by Gasteiger charge is 2.39. The molecule has 0 spiro atoms. The summed E-state index contributed by atoms with van der Waals surface area (Å²) in [6, 6.07) is 20.3. The molecule has 3 aromatic carbocycles. The Labute approximate surface area is 252 Å². The van der Waals surface area contributed by atoms with E-state index in [-0.39, 0.29) is 37.3 Å². The zero-order valence-electron chi connectivity index (χ0n) is 23.1. The van der Waals surface area contributed by atoms with Crippen LogP contribution < -0.4 is 24.8 Å². The number of methoxy groups -OCH3 is 1. The third-order valence-corrected chi connectivity index (χ3v) is 7.56. The van der Waals surface area contributed by atoms with E-state index in [1.165, 1.54) is 13.2 Å². The van der Waals surface area contributed by atoms with Gasteiger partial charge < -0.3 is 29.7 Å². The first-order valence-electron chi connectivity index (χ1n) is 13.6. The lowest BCUT2D eigenvalue weighted by atomic mass is 10.1. The quantitative estimate of drug-likeness (QED) is 0.327. The van der Waals surface area contributed by atoms with Gasteiger partial charge in [-0.25, -0.2) is 0 Å². The van der Waals surface area contributed by atoms with Crippen LogP contribution in [-0.4, -0.2) is 71.8 Å². The number of nitrogens with one attached hydrogen (secondary N) is 3. The largest absolute Gasteiger partial charge is 0.493 e. The zero-order valence-corrected chi connectivity index (χ0v) is 23.9. The molecule has 0 radical (unpaired) electrons. The van der Waals surface area contributed by atoms with E-state index < -0.39 is 18.1 Å². The number of fused-ring (bicyclic) bond motifs is 7. The first-order valence-corrected chi connectivity index (χ1v) is 14.0. The van der Waals surface area contributed by atoms with Crippen molar-refractivity contribution in [1.82, 2.24) is 25.7 Å². The Kier molecular flexibility index (Phi) is 7.89. The average Bonchev–Trinajstić information content (AvgIpc) is 3.67. The normalized spacial score (nSPS) is 18.5. The van der Waals surface area contributed by atoms with Gasteiger partial charge in [-0.1, -0.05) is 35.9 Å². The van der Waals surface area contributed by atoms with Gasteiger partial charge in [0.25, 0.3) is 17.7 Å². The fraction of sp³-hybridized carbons (Fsp3) is 0.226. The SMILES string of the molecule is COc1ccc2cc1OCC(=O)NCc1ccc(cc1)O[C@H]1CN(C(=O)c3cc(-c4ccc(Cl)cc4)n[nH]3)C[C@@H]1NC2=O. The number of carbonyl (C=O) groups is 3. The molecule has 3 aliphatic rings. The van der Waals surface area contributed by atoms with E-state index >= 15 is 0 Å². The van der Waals surface area contributed by atoms with E-state index in [1.54, 1.807) is 47.4 Å². The molecular formula is C31H28ClN5O6. The number of H-pyrrole nitrogens is 1. The fourth-order valence-electron chi connectivity index (χ4n) is 5.01. The van der Waals surface area contributed by atoms with Gasteiger partial charge >= 0.3 is 0 Å². The summed E-state index contributed by atoms with van der Waals surface area (Å²) in [5.74, 6) is 0.222. The van der Waals surface area contributed by atoms with Crippen molar-refractivity contribution in [2.45, 2.75) is 18.7 Å². The van der Waals surface area contributed by atoms with Gasteiger partial charge in [0, 0.05) is 29.2 Å². The first kappa shape index (κ1) is 28.1. The highest BCUT2D eigenvalue weighted by atomic mass is 35.5. The predicted octanol–water partition coefficient (Wildman–Crippen LogP) is 3.45. The summed E-state index contributed by atoms with van der Waals surface area (Å²) in [6.45, 7) is 0.488. The fourth-order valence-corrected chi connectivity index (χ4v) is 5.13. The molecule has 1 aromatic heterocycles. The summed E-state index contributed by atoms with van der Waals surface area (Å²) in [6.07, 6.45) is -0.540. The Morgan fingerprint density at radius 3 is 2.53 bits per heavy atom. The molecule has 0 saturated carbocycles. The van der Waals surface area contributed by atoms with E-state index in [0.29, 0.717) is 40.0 Å². The van der Waals surface area contributed by atoms with E-state index in [4.69, 9.17) is 25.8 Å². The number of benzene rings is 3. The van der Waals surface area contributed by atoms with Gasteiger partial charge in [0.05, 0.1) is 25.4 Å². The van der Waals surface area contributed by atoms with Crippen molar-refractivity contribution < 1.29 is 28.6 Å². The summed E-state index contributed by atoms with van der Waals surface area (Å²) in [5.41, 5.74) is 2.91. The Morgan fingerprint density at radius 1 is 1.00 bits per heavy atom. The number of amides is 3. The summed E-state index contributed by atoms with van der Waals surface area (Å²) in [5, 5.41) is 13.6. The second-order valence-corrected chi connectivity index (χ2v) is 10.6. The summed E-state index contributed by atoms with van der Waals surface area (Å²) in [4.78, 5) is 41.0. The summed E-state index contributed by atoms with van der Waals surface area (Å²) in [7, 11) is 1.48. The minimum atomic E-state index is -0.540. The molecule has 3 amide bonds. The number of aromatic nitrogens is 2. The molecule has 7 rings (SSSR count). The van der Waals surface area contributed by atoms with E-state index in [0.717, 1.165) is 11.1 Å². The molecule has 3 N–H and O–H groups in total. The van der Waals surface area contributed by atoms with Crippen LogP contribution in [0.2, 0.25) is 5.02 Å². The van der Waals surface area contributed by atoms with Crippen molar-refractivity contribution in [1.29, 1.82) is 0 Å². The number of nitrogens with zero attached hydrogens (tertiary/aromatic N) is 2. The maximum atomic E-state index is 13.5. The van der Waals surface area contributed by atoms with Gasteiger partial charge in [0.1, 0.15) is 17.5 Å². The standard InChI is InChI=1S/C31H28ClN5O6/c1-41-26-11-6-20-12-27(26)42-17-29(38)33-14-18-2-9-22(10-3-18)43-28-16-37(15-25(28)34-30(20)39)31(40)24-13-23(35-36-24)19-4-7-21(32)8-5-19/h2-13,25,28H,14-17H2,1H3,(H,33,38)(H,34,39)(H,35,36)/t25-,28-/m0/s1. The Morgan fingerprint density at radius 2 is 1.77 bits per heavy atom. The molecule has 2 atom stereocenters. The van der Waals surface area contributed by atoms with Crippen molar-refractivity contribution in [2.24, 2.45) is 0 Å². The maximum absolute atomic E-state index is 13.5. The number of halogens is 1. The monoisotopic (exact) mass is 601 g/mol. The molecule has 43 heavy (non-hydrogen) atoms. The Balaban J connectivity index is 1.26. The van der Waals surface area contributed by atoms with Crippen molar-refractivity contribution in [3.8, 4) is 28.5 Å². The van der Waals surface area contributed by atoms with Gasteiger partial charge in [-0.3, -0.25) is 19.5 Å². The summed E-state index contributed by atoms with van der Waals surface area (Å²) >= 11 is 6.00. The molecule has 220 valence electrons. The minimum absolute atomic E-state index is 0.209. The van der Waals surface area contributed by atoms with Crippen LogP contribution in [0.25, 0.3) is 11.3 Å². The second kappa shape index (κ2) is 12.1. The summed E-state index contributed by atoms with van der Waals surface area (Å²) < 4.78 is 17.4. The first-order chi connectivity index (χ1) is 20.9. The maximum Gasteiger partial charge on any atom is 0.272 e. The van der Waals surface area contributed by atoms with Crippen LogP contribution in [0, 0.1) is 0 Å². The van der Waals surface area contributed by atoms with Gasteiger partial charge in [-0.15, -0.1) is 0 Å². The van der Waals surface area contributed by atoms with Crippen molar-refractivity contribution >= 4 is 29.3 Å². The highest BCUT2D eigenvalue weighted by Crippen LogP contribution is 2.29. The molecule has 4 heterocycles. The molecule has 1 saturated heterocycles. The molecule has 0 aliphatic carbocycles. The number of likely N-dealkylation sites (tertiary alicyclic amines) is 1. The van der Waals surface area contributed by atoms with Crippen LogP contribution in [0.4, 0.5) is 0 Å². The number of hydrogen-bond donors (Lipinski definition) is 3. The molecule has 3 aliphatic heterocycles. The highest BCUT2D eigenvalue weighted by molar-refractivity contribution is 6.30. The van der Waals surface area contributed by atoms with Crippen molar-refractivity contribution in [2.75, 3.05) is 26.8 Å². The average molecular weight is 602 g/mol. The lowest BCUT2D eigenvalue weighted by molar-refractivity contribution is -0.123. The number of ether oxygens (including phenoxy) is 3. The van der Waals surface area contributed by atoms with Gasteiger partial charge in [0.2, 0.25) is 0 Å². The van der Waals surface area contributed by atoms with Gasteiger partial charge in [0.15, 0.2) is 18.1 Å². The predicted molar refractivity (Wildman–Crippen MR) is 157 cm³/mol. The Hall–Kier alpha value is -5.03. The van der Waals surface area contributed by atoms with E-state index in [9.17, 15) is 14.4 Å². The molecule has 4 aromatic rings. The lowest BCUT2D eigenvalue weighted by Gasteiger charge is -2.21. The third kappa shape index (κ3) is 6.26. The third-order valence-electron chi connectivity index (χ3n) is 7.30. The van der Waals surface area contributed by atoms with Crippen molar-refractivity contribution in [3.63, 3.8) is 0 Å². The van der Waals surface area contributed by atoms with Crippen LogP contribution in [0.3, 0.4) is 0 Å². The smallest absolute Gasteiger partial charge is 0.272 e. The topological polar surface area (TPSA) is 135 Å². The number of rotatable bonds is 3. The van der Waals surface area contributed by atoms with E-state index in [2.05, 4.69) is 20.8 Å². The van der Waals surface area contributed by atoms with Crippen LogP contribution in [0.5, 0.6) is 17.2 Å². The molecule has 12 heteroatoms. The van der Waals surface area contributed by atoms with Crippen LogP contribution in [0.15, 0.2) is 72.8 Å². The number of hydrogen-bond acceptors (Lipinski definition) is 7. The van der Waals surface area contributed by atoms with Crippen LogP contribution in [-0.2, 0) is 11.3 Å². The number of aromatic amines is 1. The van der Waals surface area contributed by atoms with Gasteiger partial charge in [-0.2, -0.15) is 5.10 Å². The van der Waals surface area contributed by atoms with Crippen LogP contribution >= 0.6 is 11.6 Å². The molecular weight excluding hydrogens is 574 g/mol. The second-order valence-electron chi connectivity index (χ2n) is 10.2. The molecule has 1 fully saturated rings. The lowest BCUT2D eigenvalue weighted by Crippen LogP contribution is -2.45. The Bertz CT molecular complexity index is 1660. The van der Waals surface area contributed by atoms with E-state index in [1.807, 2.05) is 24.3 Å². The molecule has 0 unspecified atom stereocenters. The van der Waals surface area contributed by atoms with Crippen LogP contribution in [0.1, 0.15) is 26.4 Å².